The fraction of sp³-hybridized carbons (Fsp3) is 0.0909. The molecule has 0 atom stereocenters. The molecule has 0 aliphatic heterocycles. The van der Waals surface area contributed by atoms with Crippen molar-refractivity contribution < 1.29 is 9.21 Å². The van der Waals surface area contributed by atoms with Gasteiger partial charge in [-0.15, -0.1) is 0 Å². The molecule has 2 rings (SSSR count). The molecule has 0 aliphatic rings. The zero-order chi connectivity index (χ0) is 11.4. The first-order chi connectivity index (χ1) is 7.75. The minimum Gasteiger partial charge on any atom is -0.440 e. The van der Waals surface area contributed by atoms with E-state index in [1.165, 1.54) is 18.0 Å². The van der Waals surface area contributed by atoms with Gasteiger partial charge in [0.25, 0.3) is 5.22 Å². The molecule has 0 saturated heterocycles. The Morgan fingerprint density at radius 2 is 2.12 bits per heavy atom. The number of thioether (sulfide) groups is 1. The van der Waals surface area contributed by atoms with Gasteiger partial charge >= 0.3 is 0 Å². The average molecular weight is 254 g/mol. The van der Waals surface area contributed by atoms with E-state index < -0.39 is 0 Å². The second kappa shape index (κ2) is 5.18. The summed E-state index contributed by atoms with van der Waals surface area (Å²) in [4.78, 5) is 15.6. The van der Waals surface area contributed by atoms with Crippen molar-refractivity contribution in [3.05, 3.63) is 47.3 Å². The Labute approximate surface area is 102 Å². The topological polar surface area (TPSA) is 43.1 Å². The van der Waals surface area contributed by atoms with Crippen LogP contribution in [0.4, 0.5) is 0 Å². The van der Waals surface area contributed by atoms with Gasteiger partial charge in [0.15, 0.2) is 5.78 Å². The molecule has 82 valence electrons. The van der Waals surface area contributed by atoms with Crippen LogP contribution in [0, 0.1) is 0 Å². The summed E-state index contributed by atoms with van der Waals surface area (Å²) in [6.45, 7) is 0. The lowest BCUT2D eigenvalue weighted by molar-refractivity contribution is 0.102. The Morgan fingerprint density at radius 3 is 2.75 bits per heavy atom. The van der Waals surface area contributed by atoms with E-state index in [1.54, 1.807) is 30.5 Å². The van der Waals surface area contributed by atoms with Gasteiger partial charge in [-0.05, 0) is 24.3 Å². The second-order valence-corrected chi connectivity index (χ2v) is 4.38. The van der Waals surface area contributed by atoms with Crippen LogP contribution in [0.15, 0.2) is 46.4 Å². The molecule has 3 nitrogen and oxygen atoms in total. The summed E-state index contributed by atoms with van der Waals surface area (Å²) in [7, 11) is 0. The maximum Gasteiger partial charge on any atom is 0.255 e. The summed E-state index contributed by atoms with van der Waals surface area (Å²) in [5.41, 5.74) is 0.642. The van der Waals surface area contributed by atoms with Gasteiger partial charge in [-0.25, -0.2) is 4.98 Å². The molecule has 1 aromatic carbocycles. The van der Waals surface area contributed by atoms with Crippen LogP contribution in [0.2, 0.25) is 5.02 Å². The van der Waals surface area contributed by atoms with Crippen molar-refractivity contribution >= 4 is 29.1 Å². The molecule has 5 heteroatoms. The van der Waals surface area contributed by atoms with E-state index >= 15 is 0 Å². The van der Waals surface area contributed by atoms with Gasteiger partial charge in [-0.2, -0.15) is 0 Å². The van der Waals surface area contributed by atoms with Gasteiger partial charge in [0.2, 0.25) is 0 Å². The first-order valence-corrected chi connectivity index (χ1v) is 5.93. The van der Waals surface area contributed by atoms with E-state index in [1.807, 2.05) is 0 Å². The maximum atomic E-state index is 11.7. The highest BCUT2D eigenvalue weighted by molar-refractivity contribution is 7.99. The summed E-state index contributed by atoms with van der Waals surface area (Å²) in [5, 5.41) is 1.12. The summed E-state index contributed by atoms with van der Waals surface area (Å²) in [6.07, 6.45) is 3.03. The third kappa shape index (κ3) is 2.87. The SMILES string of the molecule is O=C(CSc1ncco1)c1ccc(Cl)cc1. The smallest absolute Gasteiger partial charge is 0.255 e. The van der Waals surface area contributed by atoms with Crippen LogP contribution in [-0.4, -0.2) is 16.5 Å². The Hall–Kier alpha value is -1.26. The molecule has 0 aliphatic carbocycles. The number of halogens is 1. The van der Waals surface area contributed by atoms with E-state index in [4.69, 9.17) is 16.0 Å². The van der Waals surface area contributed by atoms with Crippen molar-refractivity contribution in [2.45, 2.75) is 5.22 Å². The molecule has 2 aromatic rings. The number of benzene rings is 1. The zero-order valence-electron chi connectivity index (χ0n) is 8.22. The molecular weight excluding hydrogens is 246 g/mol. The summed E-state index contributed by atoms with van der Waals surface area (Å²) in [6, 6.07) is 6.82. The van der Waals surface area contributed by atoms with Gasteiger partial charge in [0, 0.05) is 10.6 Å². The van der Waals surface area contributed by atoms with Crippen molar-refractivity contribution in [3.8, 4) is 0 Å². The quantitative estimate of drug-likeness (QED) is 0.619. The molecule has 0 amide bonds. The van der Waals surface area contributed by atoms with Gasteiger partial charge in [-0.3, -0.25) is 4.79 Å². The fourth-order valence-corrected chi connectivity index (χ4v) is 1.93. The molecular formula is C11H8ClNO2S. The van der Waals surface area contributed by atoms with Crippen LogP contribution in [0.1, 0.15) is 10.4 Å². The number of rotatable bonds is 4. The van der Waals surface area contributed by atoms with Gasteiger partial charge in [-0.1, -0.05) is 23.4 Å². The Balaban J connectivity index is 1.95. The first kappa shape index (κ1) is 11.2. The Kier molecular flexibility index (Phi) is 3.64. The maximum absolute atomic E-state index is 11.7. The highest BCUT2D eigenvalue weighted by Gasteiger charge is 2.08. The Bertz CT molecular complexity index is 467. The highest BCUT2D eigenvalue weighted by atomic mass is 35.5. The molecule has 0 bridgehead atoms. The lowest BCUT2D eigenvalue weighted by Gasteiger charge is -1.98. The normalized spacial score (nSPS) is 10.3. The van der Waals surface area contributed by atoms with E-state index in [9.17, 15) is 4.79 Å². The first-order valence-electron chi connectivity index (χ1n) is 4.57. The number of hydrogen-bond acceptors (Lipinski definition) is 4. The predicted octanol–water partition coefficient (Wildman–Crippen LogP) is 3.30. The second-order valence-electron chi connectivity index (χ2n) is 3.02. The van der Waals surface area contributed by atoms with Gasteiger partial charge in [0.05, 0.1) is 11.9 Å². The van der Waals surface area contributed by atoms with E-state index in [0.29, 0.717) is 21.6 Å². The molecule has 0 fully saturated rings. The Morgan fingerprint density at radius 1 is 1.38 bits per heavy atom. The number of nitrogens with zero attached hydrogens (tertiary/aromatic N) is 1. The summed E-state index contributed by atoms with van der Waals surface area (Å²) < 4.78 is 5.02. The predicted molar refractivity (Wildman–Crippen MR) is 63.0 cm³/mol. The molecule has 16 heavy (non-hydrogen) atoms. The number of ketones is 1. The van der Waals surface area contributed by atoms with Crippen molar-refractivity contribution in [3.63, 3.8) is 0 Å². The van der Waals surface area contributed by atoms with Crippen LogP contribution in [0.3, 0.4) is 0 Å². The summed E-state index contributed by atoms with van der Waals surface area (Å²) in [5.74, 6) is 0.335. The third-order valence-corrected chi connectivity index (χ3v) is 3.01. The largest absolute Gasteiger partial charge is 0.440 e. The third-order valence-electron chi connectivity index (χ3n) is 1.90. The van der Waals surface area contributed by atoms with Crippen LogP contribution >= 0.6 is 23.4 Å². The number of hydrogen-bond donors (Lipinski definition) is 0. The molecule has 0 unspecified atom stereocenters. The van der Waals surface area contributed by atoms with E-state index in [0.717, 1.165) is 0 Å². The highest BCUT2D eigenvalue weighted by Crippen LogP contribution is 2.17. The number of aromatic nitrogens is 1. The van der Waals surface area contributed by atoms with Crippen LogP contribution in [0.25, 0.3) is 0 Å². The monoisotopic (exact) mass is 253 g/mol. The fourth-order valence-electron chi connectivity index (χ4n) is 1.13. The number of carbonyl (C=O) groups is 1. The lowest BCUT2D eigenvalue weighted by Crippen LogP contribution is -2.01. The number of Topliss-reactive ketones (excluding diaryl/α,β-unsaturated/α-hetero) is 1. The molecule has 0 radical (unpaired) electrons. The van der Waals surface area contributed by atoms with Gasteiger partial charge in [0.1, 0.15) is 6.26 Å². The molecule has 0 N–H and O–H groups in total. The van der Waals surface area contributed by atoms with Crippen LogP contribution in [-0.2, 0) is 0 Å². The minimum absolute atomic E-state index is 0.0277. The summed E-state index contributed by atoms with van der Waals surface area (Å²) >= 11 is 7.01. The van der Waals surface area contributed by atoms with Crippen molar-refractivity contribution in [1.29, 1.82) is 0 Å². The molecule has 0 spiro atoms. The van der Waals surface area contributed by atoms with Crippen LogP contribution < -0.4 is 0 Å². The van der Waals surface area contributed by atoms with Crippen molar-refractivity contribution in [2.24, 2.45) is 0 Å². The average Bonchev–Trinajstić information content (AvgIpc) is 2.80. The number of oxazole rings is 1. The zero-order valence-corrected chi connectivity index (χ0v) is 9.79. The lowest BCUT2D eigenvalue weighted by atomic mass is 10.1. The van der Waals surface area contributed by atoms with E-state index in [-0.39, 0.29) is 5.78 Å². The molecule has 1 heterocycles. The molecule has 0 saturated carbocycles. The molecule has 1 aromatic heterocycles. The van der Waals surface area contributed by atoms with Crippen LogP contribution in [0.5, 0.6) is 0 Å². The minimum atomic E-state index is 0.0277. The van der Waals surface area contributed by atoms with E-state index in [2.05, 4.69) is 4.98 Å². The standard InChI is InChI=1S/C11H8ClNO2S/c12-9-3-1-8(2-4-9)10(14)7-16-11-13-5-6-15-11/h1-6H,7H2. The number of carbonyl (C=O) groups excluding carboxylic acids is 1. The van der Waals surface area contributed by atoms with Crippen molar-refractivity contribution in [2.75, 3.05) is 5.75 Å². The van der Waals surface area contributed by atoms with Gasteiger partial charge < -0.3 is 4.42 Å². The van der Waals surface area contributed by atoms with Crippen molar-refractivity contribution in [1.82, 2.24) is 4.98 Å².